The zero-order valence-corrected chi connectivity index (χ0v) is 16.7. The summed E-state index contributed by atoms with van der Waals surface area (Å²) in [6.45, 7) is 1.72. The molecule has 4 rings (SSSR count). The lowest BCUT2D eigenvalue weighted by molar-refractivity contribution is -0.125. The van der Waals surface area contributed by atoms with Crippen molar-refractivity contribution in [2.75, 3.05) is 13.2 Å². The number of aromatic nitrogens is 1. The van der Waals surface area contributed by atoms with Crippen LogP contribution in [0.15, 0.2) is 64.5 Å². The molecule has 0 bridgehead atoms. The molecule has 1 fully saturated rings. The lowest BCUT2D eigenvalue weighted by Crippen LogP contribution is -2.56. The highest BCUT2D eigenvalue weighted by molar-refractivity contribution is 7.85. The molecule has 0 spiro atoms. The zero-order chi connectivity index (χ0) is 20.6. The number of hydrogen-bond donors (Lipinski definition) is 3. The van der Waals surface area contributed by atoms with E-state index < -0.39 is 34.8 Å². The molecule has 2 atom stereocenters. The second-order valence-corrected chi connectivity index (χ2v) is 8.60. The number of pyridine rings is 1. The van der Waals surface area contributed by atoms with E-state index in [2.05, 4.69) is 10.6 Å². The van der Waals surface area contributed by atoms with Gasteiger partial charge in [-0.1, -0.05) is 18.2 Å². The van der Waals surface area contributed by atoms with Crippen LogP contribution in [-0.4, -0.2) is 44.2 Å². The highest BCUT2D eigenvalue weighted by Gasteiger charge is 2.43. The van der Waals surface area contributed by atoms with Crippen LogP contribution in [0.25, 0.3) is 5.52 Å². The number of aliphatic hydroxyl groups excluding tert-OH is 1. The van der Waals surface area contributed by atoms with Gasteiger partial charge in [0.1, 0.15) is 11.2 Å². The molecule has 2 aromatic heterocycles. The van der Waals surface area contributed by atoms with Crippen molar-refractivity contribution in [3.63, 3.8) is 0 Å². The first-order chi connectivity index (χ1) is 13.9. The number of aryl methyl sites for hydroxylation is 1. The van der Waals surface area contributed by atoms with E-state index in [1.54, 1.807) is 35.7 Å². The van der Waals surface area contributed by atoms with Crippen molar-refractivity contribution in [1.29, 1.82) is 0 Å². The molecule has 3 aromatic rings. The fraction of sp³-hybridized carbons (Fsp3) is 0.238. The maximum Gasteiger partial charge on any atom is 0.269 e. The minimum atomic E-state index is -1.39. The molecule has 29 heavy (non-hydrogen) atoms. The summed E-state index contributed by atoms with van der Waals surface area (Å²) in [7, 11) is -1.39. The van der Waals surface area contributed by atoms with Crippen molar-refractivity contribution in [3.8, 4) is 0 Å². The molecule has 2 amide bonds. The van der Waals surface area contributed by atoms with Gasteiger partial charge in [0.15, 0.2) is 0 Å². The Kier molecular flexibility index (Phi) is 4.97. The van der Waals surface area contributed by atoms with E-state index in [4.69, 9.17) is 0 Å². The first-order valence-electron chi connectivity index (χ1n) is 9.25. The molecule has 1 aliphatic rings. The van der Waals surface area contributed by atoms with Gasteiger partial charge in [-0.2, -0.15) is 0 Å². The Labute approximate surface area is 170 Å². The summed E-state index contributed by atoms with van der Waals surface area (Å²) in [5, 5.41) is 15.1. The number of benzene rings is 1. The van der Waals surface area contributed by atoms with Gasteiger partial charge in [-0.05, 0) is 49.2 Å². The van der Waals surface area contributed by atoms with Crippen LogP contribution >= 0.6 is 0 Å². The lowest BCUT2D eigenvalue weighted by Gasteiger charge is -2.25. The average Bonchev–Trinajstić information content (AvgIpc) is 3.26. The van der Waals surface area contributed by atoms with E-state index in [0.29, 0.717) is 28.5 Å². The minimum Gasteiger partial charge on any atom is -0.393 e. The van der Waals surface area contributed by atoms with Gasteiger partial charge in [0.25, 0.3) is 5.91 Å². The van der Waals surface area contributed by atoms with E-state index in [-0.39, 0.29) is 0 Å². The summed E-state index contributed by atoms with van der Waals surface area (Å²) in [6.07, 6.45) is 2.00. The Morgan fingerprint density at radius 1 is 1.24 bits per heavy atom. The van der Waals surface area contributed by atoms with Crippen molar-refractivity contribution in [2.45, 2.75) is 28.7 Å². The zero-order valence-electron chi connectivity index (χ0n) is 15.8. The fourth-order valence-electron chi connectivity index (χ4n) is 3.62. The number of carbonyl (C=O) groups excluding carboxylic acids is 2. The summed E-state index contributed by atoms with van der Waals surface area (Å²) in [5.74, 6) is -0.853. The molecule has 3 heterocycles. The van der Waals surface area contributed by atoms with Crippen molar-refractivity contribution in [3.05, 3.63) is 66.0 Å². The maximum atomic E-state index is 13.1. The van der Waals surface area contributed by atoms with Crippen LogP contribution in [0.2, 0.25) is 0 Å². The third-order valence-corrected chi connectivity index (χ3v) is 6.58. The van der Waals surface area contributed by atoms with Gasteiger partial charge in [-0.25, -0.2) is 4.21 Å². The molecule has 0 radical (unpaired) electrons. The summed E-state index contributed by atoms with van der Waals surface area (Å²) in [4.78, 5) is 26.4. The monoisotopic (exact) mass is 411 g/mol. The van der Waals surface area contributed by atoms with Crippen LogP contribution in [-0.2, 0) is 15.6 Å². The molecule has 1 saturated heterocycles. The molecule has 3 N–H and O–H groups in total. The van der Waals surface area contributed by atoms with Crippen LogP contribution in [0.5, 0.6) is 0 Å². The van der Waals surface area contributed by atoms with Gasteiger partial charge in [-0.3, -0.25) is 9.59 Å². The Morgan fingerprint density at radius 2 is 2.00 bits per heavy atom. The van der Waals surface area contributed by atoms with Crippen molar-refractivity contribution >= 4 is 28.1 Å². The highest BCUT2D eigenvalue weighted by atomic mass is 32.2. The number of carbonyl (C=O) groups is 2. The number of nitrogens with zero attached hydrogens (tertiary/aromatic N) is 1. The van der Waals surface area contributed by atoms with Crippen molar-refractivity contribution in [2.24, 2.45) is 0 Å². The summed E-state index contributed by atoms with van der Waals surface area (Å²) < 4.78 is 14.6. The molecule has 8 heteroatoms. The number of rotatable bonds is 5. The van der Waals surface area contributed by atoms with Crippen LogP contribution in [0.1, 0.15) is 22.5 Å². The van der Waals surface area contributed by atoms with Gasteiger partial charge in [0, 0.05) is 23.2 Å². The second-order valence-electron chi connectivity index (χ2n) is 7.12. The van der Waals surface area contributed by atoms with Crippen LogP contribution in [0.3, 0.4) is 0 Å². The first kappa shape index (κ1) is 19.4. The summed E-state index contributed by atoms with van der Waals surface area (Å²) >= 11 is 0. The second kappa shape index (κ2) is 7.46. The summed E-state index contributed by atoms with van der Waals surface area (Å²) in [5.41, 5.74) is 0.518. The van der Waals surface area contributed by atoms with Crippen LogP contribution in [0, 0.1) is 6.92 Å². The Morgan fingerprint density at radius 3 is 2.66 bits per heavy atom. The predicted octanol–water partition coefficient (Wildman–Crippen LogP) is 1.40. The summed E-state index contributed by atoms with van der Waals surface area (Å²) in [6, 6.07) is 14.5. The number of nitrogens with one attached hydrogen (secondary N) is 2. The molecule has 1 aromatic carbocycles. The Balaban J connectivity index is 1.73. The third-order valence-electron chi connectivity index (χ3n) is 5.21. The predicted molar refractivity (Wildman–Crippen MR) is 108 cm³/mol. The molecular weight excluding hydrogens is 390 g/mol. The number of aliphatic hydroxyl groups is 1. The van der Waals surface area contributed by atoms with Crippen molar-refractivity contribution in [1.82, 2.24) is 15.0 Å². The lowest BCUT2D eigenvalue weighted by atomic mass is 9.98. The van der Waals surface area contributed by atoms with Gasteiger partial charge < -0.3 is 20.1 Å². The van der Waals surface area contributed by atoms with E-state index in [1.165, 1.54) is 0 Å². The van der Waals surface area contributed by atoms with E-state index in [9.17, 15) is 18.9 Å². The van der Waals surface area contributed by atoms with Gasteiger partial charge in [-0.15, -0.1) is 0 Å². The van der Waals surface area contributed by atoms with E-state index in [1.807, 2.05) is 30.3 Å². The number of hydrogen-bond acceptors (Lipinski definition) is 4. The highest BCUT2D eigenvalue weighted by Crippen LogP contribution is 2.23. The minimum absolute atomic E-state index is 0.319. The SMILES string of the molecule is Cc1cc2ccc(S(=O)c3ccccc3)cn2c1C(=O)NC1(CO)CCNC1=O. The maximum absolute atomic E-state index is 13.1. The van der Waals surface area contributed by atoms with Crippen molar-refractivity contribution < 1.29 is 18.9 Å². The smallest absolute Gasteiger partial charge is 0.269 e. The Bertz CT molecular complexity index is 1130. The van der Waals surface area contributed by atoms with E-state index in [0.717, 1.165) is 11.1 Å². The Hall–Kier alpha value is -2.97. The van der Waals surface area contributed by atoms with Gasteiger partial charge in [0.2, 0.25) is 5.91 Å². The normalized spacial score (nSPS) is 19.9. The quantitative estimate of drug-likeness (QED) is 0.591. The first-order valence-corrected chi connectivity index (χ1v) is 10.4. The van der Waals surface area contributed by atoms with Crippen LogP contribution in [0.4, 0.5) is 0 Å². The van der Waals surface area contributed by atoms with E-state index >= 15 is 0 Å². The largest absolute Gasteiger partial charge is 0.393 e. The third kappa shape index (κ3) is 3.34. The van der Waals surface area contributed by atoms with Crippen LogP contribution < -0.4 is 10.6 Å². The van der Waals surface area contributed by atoms with Gasteiger partial charge in [0.05, 0.1) is 22.3 Å². The average molecular weight is 411 g/mol. The number of amides is 2. The van der Waals surface area contributed by atoms with Gasteiger partial charge >= 0.3 is 0 Å². The molecule has 0 saturated carbocycles. The molecule has 2 unspecified atom stereocenters. The fourth-order valence-corrected chi connectivity index (χ4v) is 4.69. The molecule has 150 valence electrons. The molecule has 0 aliphatic carbocycles. The standard InChI is InChI=1S/C21H21N3O4S/c1-14-11-15-7-8-17(29(28)16-5-3-2-4-6-16)12-24(15)18(14)19(26)23-21(13-25)9-10-22-20(21)27/h2-8,11-12,25H,9-10,13H2,1H3,(H,22,27)(H,23,26). The topological polar surface area (TPSA) is 99.9 Å². The number of fused-ring (bicyclic) bond motifs is 1. The molecule has 1 aliphatic heterocycles. The molecular formula is C21H21N3O4S. The molecule has 7 nitrogen and oxygen atoms in total.